The molecule has 1 aromatic heterocycles. The standard InChI is InChI=1S/C14H13ClN2O2/c15-13-11-4-2-1-3-10(11)12(7-16-13)14(19)17-6-5-9(18)8-17/h1-4,7,9,18H,5-6,8H2. The second kappa shape index (κ2) is 4.79. The molecule has 1 fully saturated rings. The van der Waals surface area contributed by atoms with Crippen LogP contribution in [-0.2, 0) is 0 Å². The summed E-state index contributed by atoms with van der Waals surface area (Å²) in [6, 6.07) is 7.45. The molecule has 0 aliphatic carbocycles. The van der Waals surface area contributed by atoms with E-state index < -0.39 is 6.10 Å². The number of amides is 1. The van der Waals surface area contributed by atoms with Crippen LogP contribution in [0.15, 0.2) is 30.5 Å². The number of halogens is 1. The lowest BCUT2D eigenvalue weighted by Crippen LogP contribution is -2.29. The molecule has 1 N–H and O–H groups in total. The van der Waals surface area contributed by atoms with Gasteiger partial charge in [-0.15, -0.1) is 0 Å². The molecule has 2 aromatic rings. The van der Waals surface area contributed by atoms with Crippen LogP contribution < -0.4 is 0 Å². The molecular formula is C14H13ClN2O2. The third-order valence-corrected chi connectivity index (χ3v) is 3.73. The Bertz CT molecular complexity index is 644. The number of benzene rings is 1. The predicted molar refractivity (Wildman–Crippen MR) is 73.3 cm³/mol. The highest BCUT2D eigenvalue weighted by atomic mass is 35.5. The SMILES string of the molecule is O=C(c1cnc(Cl)c2ccccc12)N1CCC(O)C1. The van der Waals surface area contributed by atoms with E-state index in [4.69, 9.17) is 11.6 Å². The van der Waals surface area contributed by atoms with Gasteiger partial charge in [0.1, 0.15) is 5.15 Å². The van der Waals surface area contributed by atoms with Crippen molar-refractivity contribution in [3.63, 3.8) is 0 Å². The molecule has 3 rings (SSSR count). The van der Waals surface area contributed by atoms with Crippen LogP contribution in [-0.4, -0.2) is 40.1 Å². The average Bonchev–Trinajstić information content (AvgIpc) is 2.86. The van der Waals surface area contributed by atoms with E-state index in [2.05, 4.69) is 4.98 Å². The Labute approximate surface area is 115 Å². The number of carbonyl (C=O) groups is 1. The number of aliphatic hydroxyl groups excluding tert-OH is 1. The largest absolute Gasteiger partial charge is 0.391 e. The molecule has 19 heavy (non-hydrogen) atoms. The molecule has 1 saturated heterocycles. The summed E-state index contributed by atoms with van der Waals surface area (Å²) in [7, 11) is 0. The molecule has 2 heterocycles. The molecular weight excluding hydrogens is 264 g/mol. The van der Waals surface area contributed by atoms with Crippen LogP contribution in [0.4, 0.5) is 0 Å². The first-order valence-corrected chi connectivity index (χ1v) is 6.55. The van der Waals surface area contributed by atoms with Gasteiger partial charge in [-0.1, -0.05) is 35.9 Å². The maximum atomic E-state index is 12.4. The minimum Gasteiger partial charge on any atom is -0.391 e. The van der Waals surface area contributed by atoms with Crippen molar-refractivity contribution < 1.29 is 9.90 Å². The molecule has 1 aliphatic rings. The topological polar surface area (TPSA) is 53.4 Å². The lowest BCUT2D eigenvalue weighted by atomic mass is 10.1. The van der Waals surface area contributed by atoms with Gasteiger partial charge >= 0.3 is 0 Å². The number of hydrogen-bond donors (Lipinski definition) is 1. The number of rotatable bonds is 1. The van der Waals surface area contributed by atoms with E-state index in [0.29, 0.717) is 30.2 Å². The van der Waals surface area contributed by atoms with E-state index in [1.807, 2.05) is 24.3 Å². The fourth-order valence-corrected chi connectivity index (χ4v) is 2.64. The van der Waals surface area contributed by atoms with Crippen molar-refractivity contribution >= 4 is 28.3 Å². The van der Waals surface area contributed by atoms with Crippen LogP contribution in [0.25, 0.3) is 10.8 Å². The molecule has 1 amide bonds. The third-order valence-electron chi connectivity index (χ3n) is 3.43. The molecule has 0 radical (unpaired) electrons. The number of likely N-dealkylation sites (tertiary alicyclic amines) is 1. The summed E-state index contributed by atoms with van der Waals surface area (Å²) in [6.07, 6.45) is 1.72. The van der Waals surface area contributed by atoms with Gasteiger partial charge in [0, 0.05) is 24.7 Å². The van der Waals surface area contributed by atoms with E-state index in [9.17, 15) is 9.90 Å². The van der Waals surface area contributed by atoms with Crippen LogP contribution in [0.3, 0.4) is 0 Å². The first-order chi connectivity index (χ1) is 9.16. The second-order valence-electron chi connectivity index (χ2n) is 4.70. The maximum Gasteiger partial charge on any atom is 0.256 e. The minimum absolute atomic E-state index is 0.100. The summed E-state index contributed by atoms with van der Waals surface area (Å²) in [5.74, 6) is -0.100. The Hall–Kier alpha value is -1.65. The van der Waals surface area contributed by atoms with Gasteiger partial charge in [-0.3, -0.25) is 4.79 Å². The number of pyridine rings is 1. The number of nitrogens with zero attached hydrogens (tertiary/aromatic N) is 2. The van der Waals surface area contributed by atoms with Gasteiger partial charge in [-0.05, 0) is 11.8 Å². The van der Waals surface area contributed by atoms with Gasteiger partial charge < -0.3 is 10.0 Å². The molecule has 98 valence electrons. The molecule has 0 spiro atoms. The molecule has 4 nitrogen and oxygen atoms in total. The highest BCUT2D eigenvalue weighted by Crippen LogP contribution is 2.26. The zero-order chi connectivity index (χ0) is 13.4. The number of carbonyl (C=O) groups excluding carboxylic acids is 1. The molecule has 1 aliphatic heterocycles. The van der Waals surface area contributed by atoms with Crippen molar-refractivity contribution in [2.24, 2.45) is 0 Å². The highest BCUT2D eigenvalue weighted by Gasteiger charge is 2.26. The van der Waals surface area contributed by atoms with E-state index in [0.717, 1.165) is 10.8 Å². The average molecular weight is 277 g/mol. The van der Waals surface area contributed by atoms with Crippen molar-refractivity contribution in [1.29, 1.82) is 0 Å². The molecule has 1 unspecified atom stereocenters. The van der Waals surface area contributed by atoms with E-state index in [-0.39, 0.29) is 5.91 Å². The molecule has 1 atom stereocenters. The lowest BCUT2D eigenvalue weighted by Gasteiger charge is -2.16. The molecule has 0 saturated carbocycles. The van der Waals surface area contributed by atoms with Crippen LogP contribution >= 0.6 is 11.6 Å². The highest BCUT2D eigenvalue weighted by molar-refractivity contribution is 6.34. The Balaban J connectivity index is 2.06. The van der Waals surface area contributed by atoms with Crippen molar-refractivity contribution in [2.45, 2.75) is 12.5 Å². The van der Waals surface area contributed by atoms with Gasteiger partial charge in [0.05, 0.1) is 11.7 Å². The van der Waals surface area contributed by atoms with Crippen molar-refractivity contribution in [3.05, 3.63) is 41.2 Å². The number of aliphatic hydroxyl groups is 1. The summed E-state index contributed by atoms with van der Waals surface area (Å²) < 4.78 is 0. The van der Waals surface area contributed by atoms with Crippen LogP contribution in [0.1, 0.15) is 16.8 Å². The second-order valence-corrected chi connectivity index (χ2v) is 5.06. The fraction of sp³-hybridized carbons (Fsp3) is 0.286. The summed E-state index contributed by atoms with van der Waals surface area (Å²) in [4.78, 5) is 18.2. The lowest BCUT2D eigenvalue weighted by molar-refractivity contribution is 0.0766. The molecule has 5 heteroatoms. The Morgan fingerprint density at radius 2 is 2.11 bits per heavy atom. The number of fused-ring (bicyclic) bond motifs is 1. The zero-order valence-corrected chi connectivity index (χ0v) is 11.0. The van der Waals surface area contributed by atoms with E-state index >= 15 is 0 Å². The fourth-order valence-electron chi connectivity index (χ4n) is 2.43. The van der Waals surface area contributed by atoms with Crippen LogP contribution in [0.2, 0.25) is 5.15 Å². The first-order valence-electron chi connectivity index (χ1n) is 6.17. The monoisotopic (exact) mass is 276 g/mol. The van der Waals surface area contributed by atoms with Gasteiger partial charge in [-0.2, -0.15) is 0 Å². The maximum absolute atomic E-state index is 12.4. The zero-order valence-electron chi connectivity index (χ0n) is 10.2. The van der Waals surface area contributed by atoms with Gasteiger partial charge in [0.15, 0.2) is 0 Å². The van der Waals surface area contributed by atoms with Gasteiger partial charge in [0.2, 0.25) is 0 Å². The van der Waals surface area contributed by atoms with E-state index in [1.54, 1.807) is 4.90 Å². The van der Waals surface area contributed by atoms with Crippen molar-refractivity contribution in [1.82, 2.24) is 9.88 Å². The third kappa shape index (κ3) is 2.17. The molecule has 1 aromatic carbocycles. The summed E-state index contributed by atoms with van der Waals surface area (Å²) in [5.41, 5.74) is 0.536. The van der Waals surface area contributed by atoms with Gasteiger partial charge in [-0.25, -0.2) is 4.98 Å². The summed E-state index contributed by atoms with van der Waals surface area (Å²) in [5, 5.41) is 11.5. The normalized spacial score (nSPS) is 19.1. The van der Waals surface area contributed by atoms with Gasteiger partial charge in [0.25, 0.3) is 5.91 Å². The summed E-state index contributed by atoms with van der Waals surface area (Å²) in [6.45, 7) is 0.965. The number of β-amino-alcohol motifs (C(OH)–C–C–N with tert-alkyl or cyclic N) is 1. The quantitative estimate of drug-likeness (QED) is 0.812. The molecule has 0 bridgehead atoms. The van der Waals surface area contributed by atoms with Crippen molar-refractivity contribution in [2.75, 3.05) is 13.1 Å². The summed E-state index contributed by atoms with van der Waals surface area (Å²) >= 11 is 6.04. The Kier molecular flexibility index (Phi) is 3.12. The number of hydrogen-bond acceptors (Lipinski definition) is 3. The smallest absolute Gasteiger partial charge is 0.256 e. The van der Waals surface area contributed by atoms with Crippen LogP contribution in [0, 0.1) is 0 Å². The predicted octanol–water partition coefficient (Wildman–Crippen LogP) is 2.09. The van der Waals surface area contributed by atoms with Crippen molar-refractivity contribution in [3.8, 4) is 0 Å². The Morgan fingerprint density at radius 3 is 2.79 bits per heavy atom. The Morgan fingerprint density at radius 1 is 1.37 bits per heavy atom. The minimum atomic E-state index is -0.421. The first kappa shape index (κ1) is 12.4. The van der Waals surface area contributed by atoms with Crippen LogP contribution in [0.5, 0.6) is 0 Å². The van der Waals surface area contributed by atoms with E-state index in [1.165, 1.54) is 6.20 Å². The number of aromatic nitrogens is 1.